The average molecular weight is 409 g/mol. The summed E-state index contributed by atoms with van der Waals surface area (Å²) in [4.78, 5) is 4.57. The lowest BCUT2D eigenvalue weighted by atomic mass is 10.1. The Hall–Kier alpha value is -2.59. The fourth-order valence-corrected chi connectivity index (χ4v) is 5.17. The number of aryl methyl sites for hydroxylation is 2. The van der Waals surface area contributed by atoms with E-state index in [-0.39, 0.29) is 10.0 Å². The number of rotatable bonds is 6. The number of nitrogens with one attached hydrogen (secondary N) is 1. The Labute approximate surface area is 161 Å². The van der Waals surface area contributed by atoms with Gasteiger partial charge in [-0.15, -0.1) is 11.3 Å². The van der Waals surface area contributed by atoms with Gasteiger partial charge in [-0.2, -0.15) is 5.10 Å². The van der Waals surface area contributed by atoms with Gasteiger partial charge in [0.2, 0.25) is 0 Å². The second-order valence-corrected chi connectivity index (χ2v) is 8.31. The summed E-state index contributed by atoms with van der Waals surface area (Å²) < 4.78 is 40.3. The minimum absolute atomic E-state index is 0.167. The summed E-state index contributed by atoms with van der Waals surface area (Å²) in [6, 6.07) is 5.35. The lowest BCUT2D eigenvalue weighted by Gasteiger charge is -2.08. The summed E-state index contributed by atoms with van der Waals surface area (Å²) in [5, 5.41) is 6.19. The van der Waals surface area contributed by atoms with E-state index in [1.165, 1.54) is 16.0 Å². The fraction of sp³-hybridized carbons (Fsp3) is 0.294. The molecule has 0 atom stereocenters. The normalized spacial score (nSPS) is 11.4. The van der Waals surface area contributed by atoms with Crippen LogP contribution in [0.25, 0.3) is 11.3 Å². The fourth-order valence-electron chi connectivity index (χ4n) is 2.77. The number of sulfonamides is 1. The molecule has 0 radical (unpaired) electrons. The SMILES string of the molecule is COc1ccc(OC)c(-c2csc(NS(=O)(=O)c3c(C)nn(C)c3C)n2)c1. The van der Waals surface area contributed by atoms with Crippen LogP contribution in [0.3, 0.4) is 0 Å². The van der Waals surface area contributed by atoms with Crippen LogP contribution in [0.15, 0.2) is 28.5 Å². The number of hydrogen-bond donors (Lipinski definition) is 1. The van der Waals surface area contributed by atoms with Crippen molar-refractivity contribution in [3.05, 3.63) is 35.0 Å². The van der Waals surface area contributed by atoms with E-state index >= 15 is 0 Å². The van der Waals surface area contributed by atoms with E-state index < -0.39 is 10.0 Å². The van der Waals surface area contributed by atoms with E-state index in [0.29, 0.717) is 34.1 Å². The number of aromatic nitrogens is 3. The molecule has 0 aliphatic carbocycles. The molecule has 2 heterocycles. The van der Waals surface area contributed by atoms with Crippen LogP contribution in [-0.2, 0) is 17.1 Å². The number of hydrogen-bond acceptors (Lipinski definition) is 7. The summed E-state index contributed by atoms with van der Waals surface area (Å²) in [5.74, 6) is 1.27. The lowest BCUT2D eigenvalue weighted by molar-refractivity contribution is 0.404. The molecule has 0 bridgehead atoms. The number of benzene rings is 1. The number of ether oxygens (including phenoxy) is 2. The van der Waals surface area contributed by atoms with Gasteiger partial charge in [-0.05, 0) is 32.0 Å². The standard InChI is InChI=1S/C17H20N4O4S2/c1-10-16(11(2)21(3)19-10)27(22,23)20-17-18-14(9-26-17)13-8-12(24-4)6-7-15(13)25-5/h6-9H,1-5H3,(H,18,20). The molecule has 1 N–H and O–H groups in total. The molecule has 2 aromatic heterocycles. The van der Waals surface area contributed by atoms with Crippen LogP contribution in [0, 0.1) is 13.8 Å². The predicted octanol–water partition coefficient (Wildman–Crippen LogP) is 2.98. The summed E-state index contributed by atoms with van der Waals surface area (Å²) in [6.07, 6.45) is 0. The van der Waals surface area contributed by atoms with Gasteiger partial charge >= 0.3 is 0 Å². The molecule has 0 saturated carbocycles. The zero-order valence-electron chi connectivity index (χ0n) is 15.6. The highest BCUT2D eigenvalue weighted by Gasteiger charge is 2.25. The van der Waals surface area contributed by atoms with Gasteiger partial charge in [-0.3, -0.25) is 9.40 Å². The maximum atomic E-state index is 12.8. The molecule has 0 amide bonds. The predicted molar refractivity (Wildman–Crippen MR) is 104 cm³/mol. The van der Waals surface area contributed by atoms with Gasteiger partial charge in [0.05, 0.1) is 31.3 Å². The first-order valence-corrected chi connectivity index (χ1v) is 10.3. The van der Waals surface area contributed by atoms with Gasteiger partial charge in [-0.25, -0.2) is 13.4 Å². The van der Waals surface area contributed by atoms with Crippen LogP contribution in [0.4, 0.5) is 5.13 Å². The van der Waals surface area contributed by atoms with E-state index in [0.717, 1.165) is 0 Å². The molecule has 0 unspecified atom stereocenters. The van der Waals surface area contributed by atoms with Crippen LogP contribution >= 0.6 is 11.3 Å². The van der Waals surface area contributed by atoms with Crippen molar-refractivity contribution in [2.45, 2.75) is 18.7 Å². The summed E-state index contributed by atoms with van der Waals surface area (Å²) in [6.45, 7) is 3.37. The molecule has 10 heteroatoms. The molecule has 3 rings (SSSR count). The van der Waals surface area contributed by atoms with Crippen molar-refractivity contribution >= 4 is 26.5 Å². The second-order valence-electron chi connectivity index (χ2n) is 5.83. The van der Waals surface area contributed by atoms with Crippen LogP contribution in [0.2, 0.25) is 0 Å². The van der Waals surface area contributed by atoms with E-state index in [1.807, 2.05) is 0 Å². The van der Waals surface area contributed by atoms with E-state index in [2.05, 4.69) is 14.8 Å². The zero-order valence-corrected chi connectivity index (χ0v) is 17.2. The maximum absolute atomic E-state index is 12.8. The Morgan fingerprint density at radius 3 is 2.52 bits per heavy atom. The molecule has 0 spiro atoms. The van der Waals surface area contributed by atoms with Crippen LogP contribution in [-0.4, -0.2) is 37.4 Å². The quantitative estimate of drug-likeness (QED) is 0.674. The van der Waals surface area contributed by atoms with Crippen molar-refractivity contribution in [2.24, 2.45) is 7.05 Å². The van der Waals surface area contributed by atoms with Crippen molar-refractivity contribution in [3.63, 3.8) is 0 Å². The monoisotopic (exact) mass is 408 g/mol. The smallest absolute Gasteiger partial charge is 0.267 e. The lowest BCUT2D eigenvalue weighted by Crippen LogP contribution is -2.14. The van der Waals surface area contributed by atoms with Gasteiger partial charge in [0, 0.05) is 18.0 Å². The van der Waals surface area contributed by atoms with Crippen molar-refractivity contribution in [1.82, 2.24) is 14.8 Å². The number of methoxy groups -OCH3 is 2. The van der Waals surface area contributed by atoms with Gasteiger partial charge < -0.3 is 9.47 Å². The average Bonchev–Trinajstić information content (AvgIpc) is 3.18. The highest BCUT2D eigenvalue weighted by Crippen LogP contribution is 2.35. The van der Waals surface area contributed by atoms with E-state index in [4.69, 9.17) is 9.47 Å². The summed E-state index contributed by atoms with van der Waals surface area (Å²) in [7, 11) is 1.05. The van der Waals surface area contributed by atoms with Crippen molar-refractivity contribution in [1.29, 1.82) is 0 Å². The molecular weight excluding hydrogens is 388 g/mol. The van der Waals surface area contributed by atoms with Crippen molar-refractivity contribution < 1.29 is 17.9 Å². The van der Waals surface area contributed by atoms with Crippen molar-refractivity contribution in [3.8, 4) is 22.8 Å². The first-order chi connectivity index (χ1) is 12.8. The third-order valence-electron chi connectivity index (χ3n) is 4.12. The highest BCUT2D eigenvalue weighted by atomic mass is 32.2. The van der Waals surface area contributed by atoms with E-state index in [9.17, 15) is 8.42 Å². The van der Waals surface area contributed by atoms with Crippen molar-refractivity contribution in [2.75, 3.05) is 18.9 Å². The third kappa shape index (κ3) is 3.62. The van der Waals surface area contributed by atoms with Crippen LogP contribution < -0.4 is 14.2 Å². The number of anilines is 1. The molecule has 144 valence electrons. The number of thiazole rings is 1. The van der Waals surface area contributed by atoms with Crippen LogP contribution in [0.1, 0.15) is 11.4 Å². The van der Waals surface area contributed by atoms with Gasteiger partial charge in [-0.1, -0.05) is 0 Å². The highest BCUT2D eigenvalue weighted by molar-refractivity contribution is 7.93. The first-order valence-electron chi connectivity index (χ1n) is 7.97. The summed E-state index contributed by atoms with van der Waals surface area (Å²) >= 11 is 1.19. The Balaban J connectivity index is 1.95. The first kappa shape index (κ1) is 19.2. The van der Waals surface area contributed by atoms with Gasteiger partial charge in [0.25, 0.3) is 10.0 Å². The molecular formula is C17H20N4O4S2. The molecule has 0 aliphatic heterocycles. The van der Waals surface area contributed by atoms with E-state index in [1.54, 1.807) is 58.7 Å². The Kier molecular flexibility index (Phi) is 5.11. The van der Waals surface area contributed by atoms with Crippen LogP contribution in [0.5, 0.6) is 11.5 Å². The minimum Gasteiger partial charge on any atom is -0.497 e. The van der Waals surface area contributed by atoms with Gasteiger partial charge in [0.1, 0.15) is 16.4 Å². The molecule has 27 heavy (non-hydrogen) atoms. The topological polar surface area (TPSA) is 95.3 Å². The summed E-state index contributed by atoms with van der Waals surface area (Å²) in [5.41, 5.74) is 2.31. The minimum atomic E-state index is -3.79. The second kappa shape index (κ2) is 7.20. The largest absolute Gasteiger partial charge is 0.497 e. The molecule has 3 aromatic rings. The van der Waals surface area contributed by atoms with Gasteiger partial charge in [0.15, 0.2) is 5.13 Å². The molecule has 0 fully saturated rings. The molecule has 0 saturated heterocycles. The number of nitrogens with zero attached hydrogens (tertiary/aromatic N) is 3. The molecule has 8 nitrogen and oxygen atoms in total. The molecule has 0 aliphatic rings. The Bertz CT molecular complexity index is 1090. The maximum Gasteiger partial charge on any atom is 0.267 e. The molecule has 1 aromatic carbocycles. The Morgan fingerprint density at radius 1 is 1.19 bits per heavy atom. The zero-order chi connectivity index (χ0) is 19.8. The Morgan fingerprint density at radius 2 is 1.93 bits per heavy atom. The third-order valence-corrected chi connectivity index (χ3v) is 6.60.